The molecule has 3 heterocycles. The van der Waals surface area contributed by atoms with Gasteiger partial charge in [-0.1, -0.05) is 39.0 Å². The highest BCUT2D eigenvalue weighted by molar-refractivity contribution is 7.89. The van der Waals surface area contributed by atoms with Crippen LogP contribution in [0, 0.1) is 5.41 Å². The minimum absolute atomic E-state index is 0.0183. The van der Waals surface area contributed by atoms with E-state index >= 15 is 0 Å². The zero-order chi connectivity index (χ0) is 25.5. The lowest BCUT2D eigenvalue weighted by Gasteiger charge is -2.34. The zero-order valence-electron chi connectivity index (χ0n) is 21.7. The Morgan fingerprint density at radius 2 is 1.71 bits per heavy atom. The van der Waals surface area contributed by atoms with Crippen molar-refractivity contribution in [2.45, 2.75) is 53.0 Å². The number of fused-ring (bicyclic) bond motifs is 1. The van der Waals surface area contributed by atoms with Gasteiger partial charge in [0.25, 0.3) is 0 Å². The number of sulfonamides is 1. The molecule has 0 bridgehead atoms. The molecular formula is C26H37N5O3S. The van der Waals surface area contributed by atoms with Gasteiger partial charge in [-0.05, 0) is 43.0 Å². The second-order valence-electron chi connectivity index (χ2n) is 11.0. The summed E-state index contributed by atoms with van der Waals surface area (Å²) in [4.78, 5) is 20.0. The van der Waals surface area contributed by atoms with Gasteiger partial charge in [0.15, 0.2) is 5.65 Å². The highest BCUT2D eigenvalue weighted by Gasteiger charge is 2.29. The third kappa shape index (κ3) is 5.37. The fraction of sp³-hybridized carbons (Fsp3) is 0.538. The van der Waals surface area contributed by atoms with Crippen LogP contribution in [-0.2, 0) is 30.2 Å². The maximum absolute atomic E-state index is 12.9. The summed E-state index contributed by atoms with van der Waals surface area (Å²) in [5.74, 6) is 0. The van der Waals surface area contributed by atoms with Gasteiger partial charge in [0.05, 0.1) is 16.5 Å². The number of aryl methyl sites for hydroxylation is 1. The van der Waals surface area contributed by atoms with Crippen LogP contribution >= 0.6 is 0 Å². The van der Waals surface area contributed by atoms with E-state index in [9.17, 15) is 13.2 Å². The number of rotatable bonds is 6. The Hall–Kier alpha value is -2.49. The maximum Gasteiger partial charge on any atom is 0.330 e. The van der Waals surface area contributed by atoms with Crippen LogP contribution in [0.3, 0.4) is 0 Å². The average Bonchev–Trinajstić information content (AvgIpc) is 3.03. The number of hydrogen-bond donors (Lipinski definition) is 0. The summed E-state index contributed by atoms with van der Waals surface area (Å²) in [6.07, 6.45) is 0. The van der Waals surface area contributed by atoms with Gasteiger partial charge in [-0.2, -0.15) is 4.31 Å². The molecule has 3 aromatic rings. The smallest absolute Gasteiger partial charge is 0.296 e. The molecule has 0 atom stereocenters. The number of pyridine rings is 1. The molecule has 35 heavy (non-hydrogen) atoms. The predicted octanol–water partition coefficient (Wildman–Crippen LogP) is 3.30. The van der Waals surface area contributed by atoms with Crippen LogP contribution in [0.25, 0.3) is 22.4 Å². The number of hydrogen-bond acceptors (Lipinski definition) is 5. The summed E-state index contributed by atoms with van der Waals surface area (Å²) in [6, 6.07) is 12.3. The minimum Gasteiger partial charge on any atom is -0.296 e. The largest absolute Gasteiger partial charge is 0.330 e. The summed E-state index contributed by atoms with van der Waals surface area (Å²) in [6.45, 7) is 13.7. The normalized spacial score (nSPS) is 16.4. The molecule has 0 spiro atoms. The summed E-state index contributed by atoms with van der Waals surface area (Å²) in [5, 5.41) is -0.388. The molecular weight excluding hydrogens is 462 g/mol. The van der Waals surface area contributed by atoms with Gasteiger partial charge in [0.2, 0.25) is 10.0 Å². The van der Waals surface area contributed by atoms with Crippen molar-refractivity contribution in [3.8, 4) is 11.3 Å². The first-order valence-corrected chi connectivity index (χ1v) is 13.7. The van der Waals surface area contributed by atoms with Crippen molar-refractivity contribution in [2.24, 2.45) is 12.5 Å². The fourth-order valence-corrected chi connectivity index (χ4v) is 5.86. The molecule has 4 rings (SSSR count). The second-order valence-corrected chi connectivity index (χ2v) is 13.5. The molecule has 2 aromatic heterocycles. The van der Waals surface area contributed by atoms with E-state index in [1.165, 1.54) is 0 Å². The van der Waals surface area contributed by atoms with E-state index < -0.39 is 10.0 Å². The highest BCUT2D eigenvalue weighted by Crippen LogP contribution is 2.24. The van der Waals surface area contributed by atoms with Gasteiger partial charge in [-0.15, -0.1) is 0 Å². The predicted molar refractivity (Wildman–Crippen MR) is 141 cm³/mol. The Morgan fingerprint density at radius 1 is 1.03 bits per heavy atom. The molecule has 190 valence electrons. The van der Waals surface area contributed by atoms with E-state index in [0.717, 1.165) is 28.9 Å². The molecule has 0 N–H and O–H groups in total. The number of nitrogens with zero attached hydrogens (tertiary/aromatic N) is 5. The Bertz CT molecular complexity index is 1370. The third-order valence-electron chi connectivity index (χ3n) is 6.53. The molecule has 0 radical (unpaired) electrons. The molecule has 1 aliphatic heterocycles. The van der Waals surface area contributed by atoms with Crippen LogP contribution in [0.1, 0.15) is 40.2 Å². The van der Waals surface area contributed by atoms with E-state index in [1.807, 2.05) is 28.8 Å². The summed E-state index contributed by atoms with van der Waals surface area (Å²) >= 11 is 0. The zero-order valence-corrected chi connectivity index (χ0v) is 22.5. The van der Waals surface area contributed by atoms with Crippen molar-refractivity contribution < 1.29 is 8.42 Å². The second kappa shape index (κ2) is 9.52. The van der Waals surface area contributed by atoms with E-state index in [1.54, 1.807) is 29.8 Å². The first-order chi connectivity index (χ1) is 16.4. The lowest BCUT2D eigenvalue weighted by molar-refractivity contribution is 0.181. The molecule has 0 saturated carbocycles. The van der Waals surface area contributed by atoms with Crippen molar-refractivity contribution in [3.05, 3.63) is 52.4 Å². The molecule has 1 saturated heterocycles. The van der Waals surface area contributed by atoms with Crippen molar-refractivity contribution in [2.75, 3.05) is 26.2 Å². The number of imidazole rings is 1. The van der Waals surface area contributed by atoms with Crippen molar-refractivity contribution in [1.29, 1.82) is 0 Å². The van der Waals surface area contributed by atoms with E-state index in [2.05, 4.69) is 37.8 Å². The maximum atomic E-state index is 12.9. The van der Waals surface area contributed by atoms with Gasteiger partial charge < -0.3 is 0 Å². The highest BCUT2D eigenvalue weighted by atomic mass is 32.2. The molecule has 1 aromatic carbocycles. The van der Waals surface area contributed by atoms with Gasteiger partial charge >= 0.3 is 5.69 Å². The number of aromatic nitrogens is 3. The van der Waals surface area contributed by atoms with E-state index in [0.29, 0.717) is 38.4 Å². The van der Waals surface area contributed by atoms with Crippen molar-refractivity contribution >= 4 is 21.2 Å². The first-order valence-electron chi connectivity index (χ1n) is 12.2. The lowest BCUT2D eigenvalue weighted by atomic mass is 9.97. The van der Waals surface area contributed by atoms with Crippen LogP contribution in [0.2, 0.25) is 0 Å². The molecule has 0 aliphatic carbocycles. The molecule has 8 nitrogen and oxygen atoms in total. The van der Waals surface area contributed by atoms with E-state index in [-0.39, 0.29) is 16.4 Å². The standard InChI is InChI=1S/C26H37N5O3S/c1-19(2)35(33,34)30-14-12-29(13-15-30)17-20-8-7-9-21(16-20)22-10-11-23-24(27-22)28(6)25(32)31(23)18-26(3,4)5/h7-11,16,19H,12-15,17-18H2,1-6H3. The molecule has 1 fully saturated rings. The molecule has 0 amide bonds. The van der Waals surface area contributed by atoms with Gasteiger partial charge in [-0.25, -0.2) is 18.2 Å². The van der Waals surface area contributed by atoms with Crippen molar-refractivity contribution in [1.82, 2.24) is 23.3 Å². The molecule has 0 unspecified atom stereocenters. The Balaban J connectivity index is 1.53. The van der Waals surface area contributed by atoms with E-state index in [4.69, 9.17) is 4.98 Å². The average molecular weight is 500 g/mol. The van der Waals surface area contributed by atoms with Crippen LogP contribution in [0.4, 0.5) is 0 Å². The SMILES string of the molecule is CC(C)S(=O)(=O)N1CCN(Cc2cccc(-c3ccc4c(n3)n(C)c(=O)n4CC(C)(C)C)c2)CC1. The number of benzene rings is 1. The summed E-state index contributed by atoms with van der Waals surface area (Å²) in [5.41, 5.74) is 4.45. The van der Waals surface area contributed by atoms with Crippen LogP contribution < -0.4 is 5.69 Å². The van der Waals surface area contributed by atoms with Crippen molar-refractivity contribution in [3.63, 3.8) is 0 Å². The third-order valence-corrected chi connectivity index (χ3v) is 8.81. The fourth-order valence-electron chi connectivity index (χ4n) is 4.59. The van der Waals surface area contributed by atoms with Gasteiger partial charge in [0, 0.05) is 51.9 Å². The Labute approximate surface area is 208 Å². The molecule has 9 heteroatoms. The Kier molecular flexibility index (Phi) is 6.96. The molecule has 1 aliphatic rings. The topological polar surface area (TPSA) is 80.4 Å². The lowest BCUT2D eigenvalue weighted by Crippen LogP contribution is -2.49. The summed E-state index contributed by atoms with van der Waals surface area (Å²) in [7, 11) is -1.43. The minimum atomic E-state index is -3.20. The first kappa shape index (κ1) is 25.6. The van der Waals surface area contributed by atoms with Gasteiger partial charge in [-0.3, -0.25) is 14.0 Å². The van der Waals surface area contributed by atoms with Crippen LogP contribution in [0.5, 0.6) is 0 Å². The quantitative estimate of drug-likeness (QED) is 0.520. The monoisotopic (exact) mass is 499 g/mol. The summed E-state index contributed by atoms with van der Waals surface area (Å²) < 4.78 is 29.9. The van der Waals surface area contributed by atoms with Crippen LogP contribution in [0.15, 0.2) is 41.2 Å². The number of piperazine rings is 1. The van der Waals surface area contributed by atoms with Gasteiger partial charge in [0.1, 0.15) is 0 Å². The Morgan fingerprint density at radius 3 is 2.34 bits per heavy atom. The van der Waals surface area contributed by atoms with Crippen LogP contribution in [-0.4, -0.2) is 63.2 Å².